The van der Waals surface area contributed by atoms with Crippen LogP contribution in [-0.4, -0.2) is 11.0 Å². The highest BCUT2D eigenvalue weighted by molar-refractivity contribution is 6.31. The number of halogens is 2. The van der Waals surface area contributed by atoms with Gasteiger partial charge in [-0.1, -0.05) is 17.7 Å². The Morgan fingerprint density at radius 2 is 2.05 bits per heavy atom. The smallest absolute Gasteiger partial charge is 0.259 e. The first-order chi connectivity index (χ1) is 8.97. The second-order valence-electron chi connectivity index (χ2n) is 3.86. The van der Waals surface area contributed by atoms with Gasteiger partial charge in [0.1, 0.15) is 5.82 Å². The van der Waals surface area contributed by atoms with Gasteiger partial charge in [0.2, 0.25) is 0 Å². The van der Waals surface area contributed by atoms with Crippen LogP contribution in [0.1, 0.15) is 10.4 Å². The molecule has 0 fully saturated rings. The fourth-order valence-corrected chi connectivity index (χ4v) is 1.79. The molecule has 0 unspecified atom stereocenters. The molecule has 4 nitrogen and oxygen atoms in total. The van der Waals surface area contributed by atoms with Crippen molar-refractivity contribution in [1.29, 1.82) is 0 Å². The van der Waals surface area contributed by atoms with Crippen LogP contribution >= 0.6 is 11.6 Å². The van der Waals surface area contributed by atoms with E-state index >= 15 is 0 Å². The average molecular weight is 281 g/mol. The lowest BCUT2D eigenvalue weighted by Gasteiger charge is -2.08. The number of carbonyl (C=O) groups excluding carboxylic acids is 1. The third-order valence-electron chi connectivity index (χ3n) is 2.43. The Hall–Kier alpha value is -2.27. The van der Waals surface area contributed by atoms with Crippen molar-refractivity contribution in [3.63, 3.8) is 0 Å². The van der Waals surface area contributed by atoms with Crippen molar-refractivity contribution in [3.8, 4) is 5.75 Å². The zero-order valence-electron chi connectivity index (χ0n) is 9.65. The molecule has 0 bridgehead atoms. The molecule has 0 radical (unpaired) electrons. The second-order valence-corrected chi connectivity index (χ2v) is 4.29. The first-order valence-corrected chi connectivity index (χ1v) is 5.70. The fourth-order valence-electron chi connectivity index (χ4n) is 1.57. The number of rotatable bonds is 2. The quantitative estimate of drug-likeness (QED) is 0.585. The number of nitrogens with one attached hydrogen (secondary N) is 1. The van der Waals surface area contributed by atoms with Crippen molar-refractivity contribution >= 4 is 28.9 Å². The number of nitrogens with two attached hydrogens (primary N) is 1. The SMILES string of the molecule is Nc1cccc(C(=O)Nc2cc(F)cc(Cl)c2)c1O. The van der Waals surface area contributed by atoms with E-state index in [9.17, 15) is 14.3 Å². The van der Waals surface area contributed by atoms with E-state index in [0.717, 1.165) is 12.1 Å². The zero-order valence-corrected chi connectivity index (χ0v) is 10.4. The molecule has 0 spiro atoms. The van der Waals surface area contributed by atoms with Crippen molar-refractivity contribution in [2.24, 2.45) is 0 Å². The summed E-state index contributed by atoms with van der Waals surface area (Å²) in [6.07, 6.45) is 0. The van der Waals surface area contributed by atoms with Gasteiger partial charge in [0, 0.05) is 10.7 Å². The van der Waals surface area contributed by atoms with E-state index in [0.29, 0.717) is 0 Å². The molecule has 0 aliphatic heterocycles. The van der Waals surface area contributed by atoms with E-state index < -0.39 is 11.7 Å². The van der Waals surface area contributed by atoms with Crippen LogP contribution < -0.4 is 11.1 Å². The highest BCUT2D eigenvalue weighted by Crippen LogP contribution is 2.26. The first-order valence-electron chi connectivity index (χ1n) is 5.32. The van der Waals surface area contributed by atoms with E-state index in [1.54, 1.807) is 0 Å². The maximum Gasteiger partial charge on any atom is 0.259 e. The number of para-hydroxylation sites is 1. The Bertz CT molecular complexity index is 626. The van der Waals surface area contributed by atoms with Gasteiger partial charge in [0.05, 0.1) is 11.3 Å². The molecule has 0 aliphatic rings. The monoisotopic (exact) mass is 280 g/mol. The molecule has 0 aliphatic carbocycles. The summed E-state index contributed by atoms with van der Waals surface area (Å²) in [6, 6.07) is 8.03. The van der Waals surface area contributed by atoms with Gasteiger partial charge < -0.3 is 16.2 Å². The van der Waals surface area contributed by atoms with Crippen molar-refractivity contribution in [2.45, 2.75) is 0 Å². The minimum Gasteiger partial charge on any atom is -0.505 e. The van der Waals surface area contributed by atoms with Crippen LogP contribution in [0.3, 0.4) is 0 Å². The standard InChI is InChI=1S/C13H10ClFN2O2/c14-7-4-8(15)6-9(5-7)17-13(19)10-2-1-3-11(16)12(10)18/h1-6,18H,16H2,(H,17,19). The lowest BCUT2D eigenvalue weighted by atomic mass is 10.1. The Kier molecular flexibility index (Phi) is 3.57. The molecule has 1 amide bonds. The Morgan fingerprint density at radius 1 is 1.32 bits per heavy atom. The molecule has 19 heavy (non-hydrogen) atoms. The number of phenols is 1. The average Bonchev–Trinajstić information content (AvgIpc) is 2.31. The third kappa shape index (κ3) is 2.95. The second kappa shape index (κ2) is 5.16. The van der Waals surface area contributed by atoms with Crippen molar-refractivity contribution in [3.05, 3.63) is 52.8 Å². The molecule has 0 saturated heterocycles. The van der Waals surface area contributed by atoms with E-state index in [1.165, 1.54) is 24.3 Å². The predicted octanol–water partition coefficient (Wildman–Crippen LogP) is 3.02. The Morgan fingerprint density at radius 3 is 2.74 bits per heavy atom. The van der Waals surface area contributed by atoms with Crippen LogP contribution in [0.2, 0.25) is 5.02 Å². The normalized spacial score (nSPS) is 10.2. The van der Waals surface area contributed by atoms with Gasteiger partial charge in [-0.3, -0.25) is 4.79 Å². The summed E-state index contributed by atoms with van der Waals surface area (Å²) in [7, 11) is 0. The maximum atomic E-state index is 13.1. The summed E-state index contributed by atoms with van der Waals surface area (Å²) in [5.74, 6) is -1.49. The number of nitrogen functional groups attached to an aromatic ring is 1. The summed E-state index contributed by atoms with van der Waals surface area (Å²) in [5, 5.41) is 12.3. The Balaban J connectivity index is 2.28. The Labute approximate surface area is 113 Å². The highest BCUT2D eigenvalue weighted by Gasteiger charge is 2.13. The topological polar surface area (TPSA) is 75.4 Å². The van der Waals surface area contributed by atoms with Gasteiger partial charge in [0.15, 0.2) is 5.75 Å². The number of hydrogen-bond donors (Lipinski definition) is 3. The number of benzene rings is 2. The van der Waals surface area contributed by atoms with Gasteiger partial charge in [-0.15, -0.1) is 0 Å². The fraction of sp³-hybridized carbons (Fsp3) is 0. The summed E-state index contributed by atoms with van der Waals surface area (Å²) < 4.78 is 13.1. The molecular weight excluding hydrogens is 271 g/mol. The molecule has 0 atom stereocenters. The summed E-state index contributed by atoms with van der Waals surface area (Å²) in [5.41, 5.74) is 5.77. The summed E-state index contributed by atoms with van der Waals surface area (Å²) in [6.45, 7) is 0. The van der Waals surface area contributed by atoms with E-state index in [1.807, 2.05) is 0 Å². The van der Waals surface area contributed by atoms with Crippen molar-refractivity contribution in [2.75, 3.05) is 11.1 Å². The molecular formula is C13H10ClFN2O2. The minimum absolute atomic E-state index is 0.000355. The summed E-state index contributed by atoms with van der Waals surface area (Å²) in [4.78, 5) is 11.9. The lowest BCUT2D eigenvalue weighted by molar-refractivity contribution is 0.102. The van der Waals surface area contributed by atoms with E-state index in [4.69, 9.17) is 17.3 Å². The molecule has 0 saturated carbocycles. The van der Waals surface area contributed by atoms with Gasteiger partial charge in [-0.25, -0.2) is 4.39 Å². The molecule has 0 heterocycles. The van der Waals surface area contributed by atoms with Gasteiger partial charge in [-0.2, -0.15) is 0 Å². The molecule has 2 rings (SSSR count). The van der Waals surface area contributed by atoms with Crippen LogP contribution in [0, 0.1) is 5.82 Å². The zero-order chi connectivity index (χ0) is 14.0. The van der Waals surface area contributed by atoms with Crippen LogP contribution in [0.4, 0.5) is 15.8 Å². The predicted molar refractivity (Wildman–Crippen MR) is 71.9 cm³/mol. The lowest BCUT2D eigenvalue weighted by Crippen LogP contribution is -2.12. The number of carbonyl (C=O) groups is 1. The van der Waals surface area contributed by atoms with Crippen molar-refractivity contribution < 1.29 is 14.3 Å². The molecule has 98 valence electrons. The van der Waals surface area contributed by atoms with Crippen LogP contribution in [0.15, 0.2) is 36.4 Å². The number of anilines is 2. The minimum atomic E-state index is -0.605. The molecule has 2 aromatic carbocycles. The number of amides is 1. The highest BCUT2D eigenvalue weighted by atomic mass is 35.5. The first kappa shape index (κ1) is 13.2. The third-order valence-corrected chi connectivity index (χ3v) is 2.65. The largest absolute Gasteiger partial charge is 0.505 e. The van der Waals surface area contributed by atoms with Gasteiger partial charge >= 0.3 is 0 Å². The molecule has 4 N–H and O–H groups in total. The van der Waals surface area contributed by atoms with Crippen LogP contribution in [0.5, 0.6) is 5.75 Å². The van der Waals surface area contributed by atoms with Gasteiger partial charge in [-0.05, 0) is 30.3 Å². The maximum absolute atomic E-state index is 13.1. The molecule has 6 heteroatoms. The number of hydrogen-bond acceptors (Lipinski definition) is 3. The van der Waals surface area contributed by atoms with Crippen LogP contribution in [0.25, 0.3) is 0 Å². The van der Waals surface area contributed by atoms with E-state index in [2.05, 4.69) is 5.32 Å². The van der Waals surface area contributed by atoms with Crippen LogP contribution in [-0.2, 0) is 0 Å². The number of aromatic hydroxyl groups is 1. The summed E-state index contributed by atoms with van der Waals surface area (Å²) >= 11 is 5.68. The van der Waals surface area contributed by atoms with E-state index in [-0.39, 0.29) is 27.7 Å². The van der Waals surface area contributed by atoms with Gasteiger partial charge in [0.25, 0.3) is 5.91 Å². The number of phenolic OH excluding ortho intramolecular Hbond substituents is 1. The molecule has 2 aromatic rings. The van der Waals surface area contributed by atoms with Crippen molar-refractivity contribution in [1.82, 2.24) is 0 Å². The molecule has 0 aromatic heterocycles.